The molecule has 0 radical (unpaired) electrons. The van der Waals surface area contributed by atoms with Crippen LogP contribution < -0.4 is 0 Å². The number of aromatic nitrogens is 2. The lowest BCUT2D eigenvalue weighted by atomic mass is 10.1. The lowest BCUT2D eigenvalue weighted by Gasteiger charge is -2.05. The second kappa shape index (κ2) is 8.84. The molecule has 4 heteroatoms. The quantitative estimate of drug-likeness (QED) is 0.447. The molecule has 0 atom stereocenters. The number of fused-ring (bicyclic) bond motifs is 1. The van der Waals surface area contributed by atoms with Crippen molar-refractivity contribution in [3.05, 3.63) is 29.1 Å². The first-order chi connectivity index (χ1) is 10.3. The molecular formula is C17H22BrN3. The molecule has 2 aromatic heterocycles. The van der Waals surface area contributed by atoms with E-state index in [4.69, 9.17) is 5.26 Å². The molecule has 0 fully saturated rings. The standard InChI is InChI=1S/C17H22BrN3/c18-17-13-15-9-12-21(16(15)14-20-17)11-8-6-4-2-1-3-5-7-10-19/h9,12-14H,1-8,11H2. The first-order valence-electron chi connectivity index (χ1n) is 7.78. The van der Waals surface area contributed by atoms with E-state index in [1.165, 1.54) is 49.4 Å². The Morgan fingerprint density at radius 1 is 1.10 bits per heavy atom. The van der Waals surface area contributed by atoms with Gasteiger partial charge in [-0.15, -0.1) is 0 Å². The second-order valence-electron chi connectivity index (χ2n) is 5.46. The zero-order chi connectivity index (χ0) is 14.9. The van der Waals surface area contributed by atoms with Gasteiger partial charge in [0.2, 0.25) is 0 Å². The summed E-state index contributed by atoms with van der Waals surface area (Å²) in [4.78, 5) is 4.31. The molecule has 0 aromatic carbocycles. The zero-order valence-corrected chi connectivity index (χ0v) is 14.0. The average Bonchev–Trinajstić information content (AvgIpc) is 2.88. The van der Waals surface area contributed by atoms with Crippen molar-refractivity contribution in [3.8, 4) is 6.07 Å². The first kappa shape index (κ1) is 16.0. The summed E-state index contributed by atoms with van der Waals surface area (Å²) in [7, 11) is 0. The van der Waals surface area contributed by atoms with Crippen LogP contribution >= 0.6 is 15.9 Å². The van der Waals surface area contributed by atoms with Crippen LogP contribution in [-0.2, 0) is 6.54 Å². The van der Waals surface area contributed by atoms with E-state index in [0.717, 1.165) is 17.6 Å². The predicted molar refractivity (Wildman–Crippen MR) is 90.0 cm³/mol. The van der Waals surface area contributed by atoms with Crippen molar-refractivity contribution in [2.24, 2.45) is 0 Å². The number of aryl methyl sites for hydroxylation is 1. The third kappa shape index (κ3) is 5.17. The Morgan fingerprint density at radius 3 is 2.57 bits per heavy atom. The van der Waals surface area contributed by atoms with Gasteiger partial charge in [0.15, 0.2) is 0 Å². The van der Waals surface area contributed by atoms with Gasteiger partial charge in [0, 0.05) is 24.5 Å². The lowest BCUT2D eigenvalue weighted by molar-refractivity contribution is 0.552. The predicted octanol–water partition coefficient (Wildman–Crippen LogP) is 5.44. The maximum atomic E-state index is 8.46. The van der Waals surface area contributed by atoms with E-state index in [9.17, 15) is 0 Å². The maximum Gasteiger partial charge on any atom is 0.106 e. The van der Waals surface area contributed by atoms with Gasteiger partial charge in [0.1, 0.15) is 4.60 Å². The summed E-state index contributed by atoms with van der Waals surface area (Å²) < 4.78 is 3.19. The van der Waals surface area contributed by atoms with E-state index in [1.807, 2.05) is 6.20 Å². The monoisotopic (exact) mass is 347 g/mol. The number of rotatable bonds is 9. The van der Waals surface area contributed by atoms with Crippen molar-refractivity contribution < 1.29 is 0 Å². The summed E-state index contributed by atoms with van der Waals surface area (Å²) in [6, 6.07) is 6.41. The molecule has 0 aliphatic rings. The van der Waals surface area contributed by atoms with Gasteiger partial charge in [0.05, 0.1) is 17.8 Å². The lowest BCUT2D eigenvalue weighted by Crippen LogP contribution is -1.96. The third-order valence-corrected chi connectivity index (χ3v) is 4.25. The minimum Gasteiger partial charge on any atom is -0.346 e. The Kier molecular flexibility index (Phi) is 6.75. The van der Waals surface area contributed by atoms with E-state index >= 15 is 0 Å². The van der Waals surface area contributed by atoms with Crippen LogP contribution in [-0.4, -0.2) is 9.55 Å². The fourth-order valence-electron chi connectivity index (χ4n) is 2.63. The number of nitriles is 1. The molecule has 0 bridgehead atoms. The molecule has 0 aliphatic heterocycles. The molecule has 0 amide bonds. The van der Waals surface area contributed by atoms with Gasteiger partial charge in [-0.3, -0.25) is 0 Å². The number of pyridine rings is 1. The fourth-order valence-corrected chi connectivity index (χ4v) is 2.97. The SMILES string of the molecule is N#CCCCCCCCCCn1ccc2cc(Br)ncc21. The third-order valence-electron chi connectivity index (χ3n) is 3.81. The smallest absolute Gasteiger partial charge is 0.106 e. The van der Waals surface area contributed by atoms with E-state index in [0.29, 0.717) is 6.42 Å². The Labute approximate surface area is 135 Å². The Morgan fingerprint density at radius 2 is 1.81 bits per heavy atom. The molecule has 112 valence electrons. The number of unbranched alkanes of at least 4 members (excludes halogenated alkanes) is 7. The summed E-state index contributed by atoms with van der Waals surface area (Å²) in [6.07, 6.45) is 13.4. The van der Waals surface area contributed by atoms with Gasteiger partial charge >= 0.3 is 0 Å². The van der Waals surface area contributed by atoms with Crippen LogP contribution in [0.25, 0.3) is 10.9 Å². The van der Waals surface area contributed by atoms with Crippen molar-refractivity contribution in [3.63, 3.8) is 0 Å². The van der Waals surface area contributed by atoms with Crippen molar-refractivity contribution >= 4 is 26.8 Å². The van der Waals surface area contributed by atoms with Gasteiger partial charge in [-0.2, -0.15) is 5.26 Å². The second-order valence-corrected chi connectivity index (χ2v) is 6.27. The normalized spacial score (nSPS) is 10.9. The van der Waals surface area contributed by atoms with E-state index in [2.05, 4.69) is 49.9 Å². The fraction of sp³-hybridized carbons (Fsp3) is 0.529. The molecule has 3 nitrogen and oxygen atoms in total. The number of halogens is 1. The van der Waals surface area contributed by atoms with Gasteiger partial charge in [-0.25, -0.2) is 4.98 Å². The summed E-state index contributed by atoms with van der Waals surface area (Å²) in [5.41, 5.74) is 1.22. The largest absolute Gasteiger partial charge is 0.346 e. The summed E-state index contributed by atoms with van der Waals surface area (Å²) >= 11 is 3.41. The van der Waals surface area contributed by atoms with E-state index in [1.54, 1.807) is 0 Å². The highest BCUT2D eigenvalue weighted by Gasteiger charge is 2.02. The summed E-state index contributed by atoms with van der Waals surface area (Å²) in [6.45, 7) is 1.07. The van der Waals surface area contributed by atoms with Crippen LogP contribution in [0.1, 0.15) is 51.4 Å². The van der Waals surface area contributed by atoms with Gasteiger partial charge in [-0.05, 0) is 40.9 Å². The Balaban J connectivity index is 1.63. The van der Waals surface area contributed by atoms with Crippen LogP contribution in [0.2, 0.25) is 0 Å². The van der Waals surface area contributed by atoms with E-state index < -0.39 is 0 Å². The number of hydrogen-bond acceptors (Lipinski definition) is 2. The summed E-state index contributed by atoms with van der Waals surface area (Å²) in [5, 5.41) is 9.71. The highest BCUT2D eigenvalue weighted by Crippen LogP contribution is 2.19. The van der Waals surface area contributed by atoms with Crippen LogP contribution in [0.15, 0.2) is 29.1 Å². The molecule has 2 heterocycles. The van der Waals surface area contributed by atoms with Gasteiger partial charge in [-0.1, -0.05) is 32.1 Å². The molecule has 0 N–H and O–H groups in total. The molecule has 2 rings (SSSR count). The van der Waals surface area contributed by atoms with Crippen molar-refractivity contribution in [2.75, 3.05) is 0 Å². The number of hydrogen-bond donors (Lipinski definition) is 0. The van der Waals surface area contributed by atoms with Crippen molar-refractivity contribution in [2.45, 2.75) is 57.9 Å². The minimum absolute atomic E-state index is 0.713. The highest BCUT2D eigenvalue weighted by atomic mass is 79.9. The number of nitrogens with zero attached hydrogens (tertiary/aromatic N) is 3. The van der Waals surface area contributed by atoms with Crippen LogP contribution in [0.4, 0.5) is 0 Å². The molecule has 21 heavy (non-hydrogen) atoms. The molecule has 0 saturated heterocycles. The highest BCUT2D eigenvalue weighted by molar-refractivity contribution is 9.10. The van der Waals surface area contributed by atoms with E-state index in [-0.39, 0.29) is 0 Å². The molecule has 0 unspecified atom stereocenters. The van der Waals surface area contributed by atoms with Crippen LogP contribution in [0.5, 0.6) is 0 Å². The molecular weight excluding hydrogens is 326 g/mol. The topological polar surface area (TPSA) is 41.6 Å². The van der Waals surface area contributed by atoms with Gasteiger partial charge in [0.25, 0.3) is 0 Å². The maximum absolute atomic E-state index is 8.46. The Bertz CT molecular complexity index is 598. The van der Waals surface area contributed by atoms with Crippen LogP contribution in [0.3, 0.4) is 0 Å². The molecule has 0 saturated carbocycles. The molecule has 0 spiro atoms. The van der Waals surface area contributed by atoms with Crippen molar-refractivity contribution in [1.82, 2.24) is 9.55 Å². The van der Waals surface area contributed by atoms with Gasteiger partial charge < -0.3 is 4.57 Å². The minimum atomic E-state index is 0.713. The molecule has 0 aliphatic carbocycles. The first-order valence-corrected chi connectivity index (χ1v) is 8.58. The van der Waals surface area contributed by atoms with Crippen LogP contribution in [0, 0.1) is 11.3 Å². The zero-order valence-electron chi connectivity index (χ0n) is 12.4. The summed E-state index contributed by atoms with van der Waals surface area (Å²) in [5.74, 6) is 0. The average molecular weight is 348 g/mol. The van der Waals surface area contributed by atoms with Crippen molar-refractivity contribution in [1.29, 1.82) is 5.26 Å². The molecule has 2 aromatic rings. The Hall–Kier alpha value is -1.34.